The molecule has 1 aliphatic rings. The van der Waals surface area contributed by atoms with Crippen molar-refractivity contribution in [1.82, 2.24) is 10.6 Å². The van der Waals surface area contributed by atoms with E-state index in [2.05, 4.69) is 10.6 Å². The summed E-state index contributed by atoms with van der Waals surface area (Å²) in [5.74, 6) is -5.46. The smallest absolute Gasteiger partial charge is 0.328 e. The molecule has 6 atom stereocenters. The third-order valence-electron chi connectivity index (χ3n) is 5.51. The molecule has 1 heterocycles. The van der Waals surface area contributed by atoms with Gasteiger partial charge in [-0.25, -0.2) is 4.79 Å². The van der Waals surface area contributed by atoms with E-state index in [-0.39, 0.29) is 6.42 Å². The van der Waals surface area contributed by atoms with E-state index in [1.165, 1.54) is 7.11 Å². The second-order valence-corrected chi connectivity index (χ2v) is 8.47. The minimum Gasteiger partial charge on any atom is -0.467 e. The molecule has 0 radical (unpaired) electrons. The van der Waals surface area contributed by atoms with E-state index in [0.29, 0.717) is 5.56 Å². The Labute approximate surface area is 224 Å². The van der Waals surface area contributed by atoms with Crippen molar-refractivity contribution in [3.05, 3.63) is 35.9 Å². The van der Waals surface area contributed by atoms with Gasteiger partial charge in [-0.1, -0.05) is 30.3 Å². The number of amides is 2. The van der Waals surface area contributed by atoms with E-state index in [1.807, 2.05) is 0 Å². The van der Waals surface area contributed by atoms with Crippen LogP contribution in [0, 0.1) is 0 Å². The quantitative estimate of drug-likeness (QED) is 0.209. The zero-order valence-electron chi connectivity index (χ0n) is 22.2. The molecule has 2 N–H and O–H groups in total. The number of rotatable bonds is 10. The van der Waals surface area contributed by atoms with Crippen LogP contribution in [0.1, 0.15) is 26.3 Å². The highest BCUT2D eigenvalue weighted by atomic mass is 16.7. The lowest BCUT2D eigenvalue weighted by Crippen LogP contribution is -2.67. The number of hydrogen-bond donors (Lipinski definition) is 2. The number of carbonyl (C=O) groups excluding carboxylic acids is 6. The predicted molar refractivity (Wildman–Crippen MR) is 129 cm³/mol. The van der Waals surface area contributed by atoms with E-state index < -0.39 is 79.0 Å². The van der Waals surface area contributed by atoms with E-state index in [4.69, 9.17) is 28.4 Å². The van der Waals surface area contributed by atoms with Crippen LogP contribution in [0.25, 0.3) is 0 Å². The van der Waals surface area contributed by atoms with Crippen molar-refractivity contribution in [2.24, 2.45) is 0 Å². The topological polar surface area (TPSA) is 182 Å². The van der Waals surface area contributed by atoms with Crippen LogP contribution in [0.4, 0.5) is 0 Å². The van der Waals surface area contributed by atoms with Gasteiger partial charge in [0, 0.05) is 34.3 Å². The third-order valence-corrected chi connectivity index (χ3v) is 5.51. The van der Waals surface area contributed by atoms with Gasteiger partial charge in [0.15, 0.2) is 18.5 Å². The maximum absolute atomic E-state index is 12.9. The highest BCUT2D eigenvalue weighted by Gasteiger charge is 2.51. The lowest BCUT2D eigenvalue weighted by Gasteiger charge is -2.44. The number of methoxy groups -OCH3 is 2. The average Bonchev–Trinajstić information content (AvgIpc) is 2.88. The standard InChI is InChI=1S/C25H32N2O12/c1-13(28)36-12-18-20(37-14(2)29)21(38-15(3)30)19(25(35-5)39-18)27-23(32)22(31)26-17(24(33)34-4)11-16-9-7-6-8-10-16/h6-10,17-21,25H,11-12H2,1-5H3,(H,26,31)(H,27,32)/t17-,18+,19+,20+,21+,25-/m0/s1. The fraction of sp³-hybridized carbons (Fsp3) is 0.520. The number of ether oxygens (including phenoxy) is 6. The molecule has 2 amide bonds. The molecule has 2 rings (SSSR count). The van der Waals surface area contributed by atoms with E-state index in [0.717, 1.165) is 27.9 Å². The Bertz CT molecular complexity index is 1050. The average molecular weight is 553 g/mol. The van der Waals surface area contributed by atoms with Crippen LogP contribution in [-0.2, 0) is 63.6 Å². The van der Waals surface area contributed by atoms with Gasteiger partial charge < -0.3 is 39.1 Å². The van der Waals surface area contributed by atoms with E-state index >= 15 is 0 Å². The molecule has 14 nitrogen and oxygen atoms in total. The zero-order valence-corrected chi connectivity index (χ0v) is 22.2. The third kappa shape index (κ3) is 9.33. The maximum Gasteiger partial charge on any atom is 0.328 e. The summed E-state index contributed by atoms with van der Waals surface area (Å²) in [4.78, 5) is 73.1. The van der Waals surface area contributed by atoms with Crippen LogP contribution in [-0.4, -0.2) is 93.2 Å². The summed E-state index contributed by atoms with van der Waals surface area (Å²) < 4.78 is 31.4. The number of hydrogen-bond acceptors (Lipinski definition) is 12. The van der Waals surface area contributed by atoms with Crippen molar-refractivity contribution < 1.29 is 57.2 Å². The first-order valence-corrected chi connectivity index (χ1v) is 11.9. The Morgan fingerprint density at radius 3 is 2.03 bits per heavy atom. The van der Waals surface area contributed by atoms with E-state index in [9.17, 15) is 28.8 Å². The molecule has 0 spiro atoms. The normalized spacial score (nSPS) is 22.9. The Balaban J connectivity index is 2.28. The first-order chi connectivity index (χ1) is 18.5. The molecule has 1 aromatic rings. The molecule has 214 valence electrons. The molecule has 0 aromatic heterocycles. The van der Waals surface area contributed by atoms with Gasteiger partial charge in [0.2, 0.25) is 0 Å². The van der Waals surface area contributed by atoms with Crippen LogP contribution < -0.4 is 10.6 Å². The first-order valence-electron chi connectivity index (χ1n) is 11.9. The molecular formula is C25H32N2O12. The molecule has 1 aliphatic heterocycles. The second-order valence-electron chi connectivity index (χ2n) is 8.47. The van der Waals surface area contributed by atoms with Crippen LogP contribution in [0.2, 0.25) is 0 Å². The molecule has 0 bridgehead atoms. The Morgan fingerprint density at radius 1 is 0.872 bits per heavy atom. The Morgan fingerprint density at radius 2 is 1.49 bits per heavy atom. The van der Waals surface area contributed by atoms with Gasteiger partial charge in [0.1, 0.15) is 24.8 Å². The second kappa shape index (κ2) is 14.8. The SMILES string of the molecule is COC(=O)[C@H](Cc1ccccc1)NC(=O)C(=O)N[C@H]1[C@@H](OC)O[C@H](COC(C)=O)[C@@H](OC(C)=O)[C@@H]1OC(C)=O. The summed E-state index contributed by atoms with van der Waals surface area (Å²) in [7, 11) is 2.36. The van der Waals surface area contributed by atoms with Crippen molar-refractivity contribution in [2.45, 2.75) is 63.9 Å². The molecule has 1 fully saturated rings. The minimum atomic E-state index is -1.41. The first kappa shape index (κ1) is 31.2. The number of benzene rings is 1. The highest BCUT2D eigenvalue weighted by molar-refractivity contribution is 6.35. The lowest BCUT2D eigenvalue weighted by atomic mass is 9.96. The van der Waals surface area contributed by atoms with Gasteiger partial charge in [-0.05, 0) is 5.56 Å². The number of nitrogens with one attached hydrogen (secondary N) is 2. The van der Waals surface area contributed by atoms with Crippen LogP contribution in [0.5, 0.6) is 0 Å². The van der Waals surface area contributed by atoms with Gasteiger partial charge in [-0.15, -0.1) is 0 Å². The summed E-state index contributed by atoms with van der Waals surface area (Å²) in [6.45, 7) is 2.94. The molecule has 1 saturated heterocycles. The van der Waals surface area contributed by atoms with Crippen LogP contribution in [0.15, 0.2) is 30.3 Å². The summed E-state index contributed by atoms with van der Waals surface area (Å²) in [6, 6.07) is 6.18. The van der Waals surface area contributed by atoms with Crippen molar-refractivity contribution in [3.8, 4) is 0 Å². The monoisotopic (exact) mass is 552 g/mol. The van der Waals surface area contributed by atoms with Gasteiger partial charge in [0.25, 0.3) is 0 Å². The zero-order chi connectivity index (χ0) is 29.1. The molecule has 39 heavy (non-hydrogen) atoms. The lowest BCUT2D eigenvalue weighted by molar-refractivity contribution is -0.271. The van der Waals surface area contributed by atoms with E-state index in [1.54, 1.807) is 30.3 Å². The molecule has 1 aromatic carbocycles. The fourth-order valence-electron chi connectivity index (χ4n) is 3.88. The molecule has 0 unspecified atom stereocenters. The highest BCUT2D eigenvalue weighted by Crippen LogP contribution is 2.27. The summed E-state index contributed by atoms with van der Waals surface area (Å²) >= 11 is 0. The molecule has 14 heteroatoms. The van der Waals surface area contributed by atoms with Crippen molar-refractivity contribution in [2.75, 3.05) is 20.8 Å². The van der Waals surface area contributed by atoms with Crippen LogP contribution >= 0.6 is 0 Å². The fourth-order valence-corrected chi connectivity index (χ4v) is 3.88. The minimum absolute atomic E-state index is 0.0438. The van der Waals surface area contributed by atoms with Gasteiger partial charge in [-0.2, -0.15) is 0 Å². The summed E-state index contributed by atoms with van der Waals surface area (Å²) in [5.41, 5.74) is 0.701. The number of esters is 4. The van der Waals surface area contributed by atoms with Crippen LogP contribution in [0.3, 0.4) is 0 Å². The molecule has 0 saturated carbocycles. The molecule has 0 aliphatic carbocycles. The Kier molecular flexibility index (Phi) is 11.8. The summed E-state index contributed by atoms with van der Waals surface area (Å²) in [5, 5.41) is 4.68. The van der Waals surface area contributed by atoms with Crippen molar-refractivity contribution in [3.63, 3.8) is 0 Å². The molecular weight excluding hydrogens is 520 g/mol. The number of carbonyl (C=O) groups is 6. The predicted octanol–water partition coefficient (Wildman–Crippen LogP) is -0.830. The van der Waals surface area contributed by atoms with Gasteiger partial charge in [0.05, 0.1) is 7.11 Å². The van der Waals surface area contributed by atoms with Gasteiger partial charge in [-0.3, -0.25) is 24.0 Å². The van der Waals surface area contributed by atoms with Crippen molar-refractivity contribution in [1.29, 1.82) is 0 Å². The summed E-state index contributed by atoms with van der Waals surface area (Å²) in [6.07, 6.45) is -5.21. The Hall–Kier alpha value is -4.04. The largest absolute Gasteiger partial charge is 0.467 e. The maximum atomic E-state index is 12.9. The van der Waals surface area contributed by atoms with Crippen molar-refractivity contribution >= 4 is 35.7 Å². The van der Waals surface area contributed by atoms with Gasteiger partial charge >= 0.3 is 35.7 Å².